The maximum absolute atomic E-state index is 12.3. The highest BCUT2D eigenvalue weighted by Gasteiger charge is 2.31. The van der Waals surface area contributed by atoms with Gasteiger partial charge in [-0.1, -0.05) is 0 Å². The molecule has 0 spiro atoms. The summed E-state index contributed by atoms with van der Waals surface area (Å²) in [5.41, 5.74) is 0.238. The Balaban J connectivity index is 2.03. The van der Waals surface area contributed by atoms with E-state index in [1.54, 1.807) is 0 Å². The van der Waals surface area contributed by atoms with Crippen LogP contribution < -0.4 is 0 Å². The second-order valence-electron chi connectivity index (χ2n) is 2.66. The van der Waals surface area contributed by atoms with Gasteiger partial charge in [-0.25, -0.2) is 4.39 Å². The van der Waals surface area contributed by atoms with Gasteiger partial charge in [-0.2, -0.15) is 15.4 Å². The van der Waals surface area contributed by atoms with Crippen LogP contribution in [0, 0.1) is 0 Å². The van der Waals surface area contributed by atoms with Crippen LogP contribution in [0.1, 0.15) is 10.5 Å². The molecule has 0 bridgehead atoms. The van der Waals surface area contributed by atoms with Crippen molar-refractivity contribution < 1.29 is 9.18 Å². The number of H-pyrrole nitrogens is 1. The van der Waals surface area contributed by atoms with Crippen LogP contribution >= 0.6 is 0 Å². The van der Waals surface area contributed by atoms with Crippen molar-refractivity contribution in [1.29, 1.82) is 0 Å². The van der Waals surface area contributed by atoms with Crippen LogP contribution in [0.25, 0.3) is 0 Å². The summed E-state index contributed by atoms with van der Waals surface area (Å²) in [4.78, 5) is 12.7. The highest BCUT2D eigenvalue weighted by Crippen LogP contribution is 2.13. The quantitative estimate of drug-likeness (QED) is 0.623. The van der Waals surface area contributed by atoms with E-state index in [1.165, 1.54) is 11.1 Å². The fourth-order valence-electron chi connectivity index (χ4n) is 1.06. The molecule has 0 atom stereocenters. The molecule has 2 rings (SSSR count). The first-order valence-electron chi connectivity index (χ1n) is 3.56. The summed E-state index contributed by atoms with van der Waals surface area (Å²) in [6, 6.07) is 0. The number of amides is 1. The highest BCUT2D eigenvalue weighted by molar-refractivity contribution is 5.92. The second kappa shape index (κ2) is 2.54. The van der Waals surface area contributed by atoms with Crippen LogP contribution in [0.4, 0.5) is 4.39 Å². The van der Waals surface area contributed by atoms with Gasteiger partial charge in [0.2, 0.25) is 0 Å². The zero-order valence-electron chi connectivity index (χ0n) is 6.20. The van der Waals surface area contributed by atoms with Crippen LogP contribution in [0.15, 0.2) is 6.20 Å². The van der Waals surface area contributed by atoms with Crippen LogP contribution in [0.3, 0.4) is 0 Å². The molecule has 1 aromatic heterocycles. The smallest absolute Gasteiger partial charge is 0.276 e. The van der Waals surface area contributed by atoms with E-state index in [-0.39, 0.29) is 24.7 Å². The number of rotatable bonds is 1. The predicted octanol–water partition coefficient (Wildman–Crippen LogP) is -0.401. The number of aromatic nitrogens is 3. The van der Waals surface area contributed by atoms with Crippen molar-refractivity contribution in [3.63, 3.8) is 0 Å². The fourth-order valence-corrected chi connectivity index (χ4v) is 1.06. The molecular weight excluding hydrogens is 163 g/mol. The van der Waals surface area contributed by atoms with Crippen LogP contribution in [-0.4, -0.2) is 45.5 Å². The number of hydrogen-bond acceptors (Lipinski definition) is 3. The third-order valence-electron chi connectivity index (χ3n) is 1.76. The van der Waals surface area contributed by atoms with Gasteiger partial charge >= 0.3 is 0 Å². The van der Waals surface area contributed by atoms with E-state index in [1.807, 2.05) is 0 Å². The summed E-state index contributed by atoms with van der Waals surface area (Å²) in [5, 5.41) is 9.40. The van der Waals surface area contributed by atoms with Gasteiger partial charge in [0.05, 0.1) is 19.3 Å². The molecule has 1 aliphatic heterocycles. The Labute approximate surface area is 67.6 Å². The number of nitrogens with one attached hydrogen (secondary N) is 1. The van der Waals surface area contributed by atoms with Gasteiger partial charge in [-0.3, -0.25) is 4.79 Å². The maximum Gasteiger partial charge on any atom is 0.276 e. The molecule has 2 heterocycles. The van der Waals surface area contributed by atoms with Gasteiger partial charge in [0.15, 0.2) is 5.69 Å². The van der Waals surface area contributed by atoms with Crippen molar-refractivity contribution in [2.75, 3.05) is 13.1 Å². The highest BCUT2D eigenvalue weighted by atomic mass is 19.1. The van der Waals surface area contributed by atoms with Crippen molar-refractivity contribution >= 4 is 5.91 Å². The van der Waals surface area contributed by atoms with E-state index in [4.69, 9.17) is 0 Å². The molecule has 0 radical (unpaired) electrons. The molecule has 0 aromatic carbocycles. The zero-order valence-corrected chi connectivity index (χ0v) is 6.20. The number of carbonyl (C=O) groups excluding carboxylic acids is 1. The molecule has 1 saturated heterocycles. The minimum Gasteiger partial charge on any atom is -0.331 e. The number of likely N-dealkylation sites (tertiary alicyclic amines) is 1. The number of halogens is 1. The normalized spacial score (nSPS) is 17.6. The SMILES string of the molecule is O=C(c1cn[nH]n1)N1CC(F)C1. The molecule has 64 valence electrons. The molecule has 5 nitrogen and oxygen atoms in total. The minimum atomic E-state index is -0.874. The molecular formula is C6H7FN4O. The van der Waals surface area contributed by atoms with Gasteiger partial charge in [-0.05, 0) is 0 Å². The summed E-state index contributed by atoms with van der Waals surface area (Å²) in [6.07, 6.45) is 0.453. The van der Waals surface area contributed by atoms with E-state index in [9.17, 15) is 9.18 Å². The lowest BCUT2D eigenvalue weighted by atomic mass is 10.2. The van der Waals surface area contributed by atoms with E-state index >= 15 is 0 Å². The number of carbonyl (C=O) groups is 1. The number of nitrogens with zero attached hydrogens (tertiary/aromatic N) is 3. The Morgan fingerprint density at radius 2 is 2.50 bits per heavy atom. The fraction of sp³-hybridized carbons (Fsp3) is 0.500. The first-order chi connectivity index (χ1) is 5.77. The topological polar surface area (TPSA) is 61.9 Å². The van der Waals surface area contributed by atoms with Crippen molar-refractivity contribution in [2.24, 2.45) is 0 Å². The Kier molecular flexibility index (Phi) is 1.53. The molecule has 1 amide bonds. The lowest BCUT2D eigenvalue weighted by Gasteiger charge is -2.33. The van der Waals surface area contributed by atoms with Gasteiger partial charge in [0, 0.05) is 0 Å². The van der Waals surface area contributed by atoms with E-state index in [2.05, 4.69) is 15.4 Å². The monoisotopic (exact) mass is 170 g/mol. The van der Waals surface area contributed by atoms with Crippen LogP contribution in [-0.2, 0) is 0 Å². The molecule has 1 aromatic rings. The van der Waals surface area contributed by atoms with Crippen LogP contribution in [0.5, 0.6) is 0 Å². The molecule has 12 heavy (non-hydrogen) atoms. The molecule has 1 aliphatic rings. The van der Waals surface area contributed by atoms with Gasteiger partial charge in [0.25, 0.3) is 5.91 Å². The van der Waals surface area contributed by atoms with Crippen molar-refractivity contribution in [3.8, 4) is 0 Å². The van der Waals surface area contributed by atoms with Gasteiger partial charge < -0.3 is 4.90 Å². The zero-order chi connectivity index (χ0) is 8.55. The third-order valence-corrected chi connectivity index (χ3v) is 1.76. The molecule has 0 saturated carbocycles. The second-order valence-corrected chi connectivity index (χ2v) is 2.66. The summed E-state index contributed by atoms with van der Waals surface area (Å²) in [7, 11) is 0. The average Bonchev–Trinajstić information content (AvgIpc) is 2.49. The lowest BCUT2D eigenvalue weighted by molar-refractivity contribution is 0.0394. The number of hydrogen-bond donors (Lipinski definition) is 1. The predicted molar refractivity (Wildman–Crippen MR) is 37.2 cm³/mol. The maximum atomic E-state index is 12.3. The molecule has 1 N–H and O–H groups in total. The molecule has 1 fully saturated rings. The molecule has 0 aliphatic carbocycles. The number of aromatic amines is 1. The van der Waals surface area contributed by atoms with E-state index < -0.39 is 6.17 Å². The summed E-state index contributed by atoms with van der Waals surface area (Å²) in [6.45, 7) is 0.345. The van der Waals surface area contributed by atoms with Gasteiger partial charge in [-0.15, -0.1) is 0 Å². The first-order valence-corrected chi connectivity index (χ1v) is 3.56. The first kappa shape index (κ1) is 7.20. The average molecular weight is 170 g/mol. The van der Waals surface area contributed by atoms with E-state index in [0.29, 0.717) is 0 Å². The minimum absolute atomic E-state index is 0.172. The van der Waals surface area contributed by atoms with Gasteiger partial charge in [0.1, 0.15) is 6.17 Å². The largest absolute Gasteiger partial charge is 0.331 e. The lowest BCUT2D eigenvalue weighted by Crippen LogP contribution is -2.51. The Morgan fingerprint density at radius 1 is 1.75 bits per heavy atom. The molecule has 0 unspecified atom stereocenters. The standard InChI is InChI=1S/C6H7FN4O/c7-4-2-11(3-4)6(12)5-1-8-10-9-5/h1,4H,2-3H2,(H,8,9,10). The Morgan fingerprint density at radius 3 is 3.00 bits per heavy atom. The Hall–Kier alpha value is -1.46. The van der Waals surface area contributed by atoms with Crippen molar-refractivity contribution in [1.82, 2.24) is 20.3 Å². The van der Waals surface area contributed by atoms with E-state index in [0.717, 1.165) is 0 Å². The van der Waals surface area contributed by atoms with Crippen molar-refractivity contribution in [3.05, 3.63) is 11.9 Å². The summed E-state index contributed by atoms with van der Waals surface area (Å²) < 4.78 is 12.3. The summed E-state index contributed by atoms with van der Waals surface area (Å²) >= 11 is 0. The number of alkyl halides is 1. The Bertz CT molecular complexity index is 280. The third kappa shape index (κ3) is 1.05. The molecule has 6 heteroatoms. The van der Waals surface area contributed by atoms with Crippen LogP contribution in [0.2, 0.25) is 0 Å². The summed E-state index contributed by atoms with van der Waals surface area (Å²) in [5.74, 6) is -0.266. The van der Waals surface area contributed by atoms with Crippen molar-refractivity contribution in [2.45, 2.75) is 6.17 Å².